The maximum absolute atomic E-state index is 9.22. The summed E-state index contributed by atoms with van der Waals surface area (Å²) in [5.41, 5.74) is 1.10. The number of nitrogens with zero attached hydrogens (tertiary/aromatic N) is 1. The molecule has 0 spiro atoms. The highest BCUT2D eigenvalue weighted by Gasteiger charge is 2.11. The van der Waals surface area contributed by atoms with Gasteiger partial charge in [-0.3, -0.25) is 4.90 Å². The Morgan fingerprint density at radius 2 is 1.95 bits per heavy atom. The van der Waals surface area contributed by atoms with Crippen molar-refractivity contribution in [1.82, 2.24) is 4.90 Å². The molecule has 4 heteroatoms. The first-order valence-electron chi connectivity index (χ1n) is 6.73. The molecule has 2 aromatic rings. The highest BCUT2D eigenvalue weighted by molar-refractivity contribution is 5.33. The molecule has 0 aliphatic heterocycles. The van der Waals surface area contributed by atoms with Crippen molar-refractivity contribution >= 4 is 0 Å². The van der Waals surface area contributed by atoms with Crippen LogP contribution in [-0.2, 0) is 13.1 Å². The summed E-state index contributed by atoms with van der Waals surface area (Å²) in [6, 6.07) is 11.9. The van der Waals surface area contributed by atoms with Crippen LogP contribution in [0.4, 0.5) is 0 Å². The third-order valence-corrected chi connectivity index (χ3v) is 3.18. The number of aliphatic hydroxyl groups is 1. The molecule has 20 heavy (non-hydrogen) atoms. The van der Waals surface area contributed by atoms with Gasteiger partial charge >= 0.3 is 0 Å². The van der Waals surface area contributed by atoms with Crippen molar-refractivity contribution in [2.75, 3.05) is 20.3 Å². The zero-order chi connectivity index (χ0) is 14.4. The van der Waals surface area contributed by atoms with Crippen molar-refractivity contribution in [3.8, 4) is 5.75 Å². The third kappa shape index (κ3) is 3.85. The molecule has 0 radical (unpaired) electrons. The normalized spacial score (nSPS) is 11.0. The van der Waals surface area contributed by atoms with E-state index in [1.165, 1.54) is 0 Å². The van der Waals surface area contributed by atoms with Crippen LogP contribution in [0.5, 0.6) is 5.75 Å². The molecule has 0 saturated heterocycles. The van der Waals surface area contributed by atoms with Crippen molar-refractivity contribution in [2.24, 2.45) is 0 Å². The first kappa shape index (κ1) is 14.6. The summed E-state index contributed by atoms with van der Waals surface area (Å²) in [4.78, 5) is 2.14. The number of para-hydroxylation sites is 1. The number of hydrogen-bond donors (Lipinski definition) is 1. The Labute approximate surface area is 119 Å². The summed E-state index contributed by atoms with van der Waals surface area (Å²) in [7, 11) is 1.67. The molecule has 108 valence electrons. The van der Waals surface area contributed by atoms with Gasteiger partial charge < -0.3 is 14.3 Å². The molecule has 0 atom stereocenters. The van der Waals surface area contributed by atoms with E-state index in [-0.39, 0.29) is 6.61 Å². The molecule has 0 aliphatic carbocycles. The first-order chi connectivity index (χ1) is 9.72. The van der Waals surface area contributed by atoms with Crippen LogP contribution in [0.3, 0.4) is 0 Å². The number of benzene rings is 1. The van der Waals surface area contributed by atoms with E-state index in [1.54, 1.807) is 7.11 Å². The van der Waals surface area contributed by atoms with Crippen LogP contribution in [0, 0.1) is 6.92 Å². The smallest absolute Gasteiger partial charge is 0.123 e. The number of aliphatic hydroxyl groups excluding tert-OH is 1. The first-order valence-corrected chi connectivity index (χ1v) is 6.73. The molecule has 0 bridgehead atoms. The van der Waals surface area contributed by atoms with E-state index in [0.29, 0.717) is 19.6 Å². The molecule has 0 fully saturated rings. The Bertz CT molecular complexity index is 536. The number of rotatable bonds is 7. The molecular weight excluding hydrogens is 254 g/mol. The van der Waals surface area contributed by atoms with Crippen LogP contribution in [0.1, 0.15) is 17.1 Å². The molecule has 1 heterocycles. The summed E-state index contributed by atoms with van der Waals surface area (Å²) >= 11 is 0. The molecule has 0 unspecified atom stereocenters. The number of hydrogen-bond acceptors (Lipinski definition) is 4. The van der Waals surface area contributed by atoms with Crippen LogP contribution in [0.15, 0.2) is 40.8 Å². The lowest BCUT2D eigenvalue weighted by atomic mass is 10.2. The lowest BCUT2D eigenvalue weighted by Crippen LogP contribution is -2.26. The van der Waals surface area contributed by atoms with Crippen molar-refractivity contribution in [2.45, 2.75) is 20.0 Å². The van der Waals surface area contributed by atoms with Crippen LogP contribution < -0.4 is 4.74 Å². The molecule has 1 aromatic carbocycles. The second-order valence-electron chi connectivity index (χ2n) is 4.76. The van der Waals surface area contributed by atoms with Crippen LogP contribution in [0.2, 0.25) is 0 Å². The predicted octanol–water partition coefficient (Wildman–Crippen LogP) is 2.59. The van der Waals surface area contributed by atoms with Crippen LogP contribution in [0.25, 0.3) is 0 Å². The molecule has 2 rings (SSSR count). The largest absolute Gasteiger partial charge is 0.496 e. The topological polar surface area (TPSA) is 45.8 Å². The Balaban J connectivity index is 2.08. The van der Waals surface area contributed by atoms with Gasteiger partial charge in [-0.1, -0.05) is 18.2 Å². The SMILES string of the molecule is COc1ccccc1CN(CCO)Cc1ccc(C)o1. The fourth-order valence-electron chi connectivity index (χ4n) is 2.22. The summed E-state index contributed by atoms with van der Waals surface area (Å²) in [5.74, 6) is 2.68. The summed E-state index contributed by atoms with van der Waals surface area (Å²) in [5, 5.41) is 9.22. The van der Waals surface area contributed by atoms with Gasteiger partial charge in [-0.25, -0.2) is 0 Å². The van der Waals surface area contributed by atoms with Gasteiger partial charge in [0.1, 0.15) is 17.3 Å². The summed E-state index contributed by atoms with van der Waals surface area (Å²) in [6.07, 6.45) is 0. The fourth-order valence-corrected chi connectivity index (χ4v) is 2.22. The quantitative estimate of drug-likeness (QED) is 0.843. The second-order valence-corrected chi connectivity index (χ2v) is 4.76. The lowest BCUT2D eigenvalue weighted by Gasteiger charge is -2.21. The van der Waals surface area contributed by atoms with Gasteiger partial charge in [-0.05, 0) is 25.1 Å². The number of aryl methyl sites for hydroxylation is 1. The minimum atomic E-state index is 0.120. The molecule has 0 aliphatic rings. The maximum Gasteiger partial charge on any atom is 0.123 e. The highest BCUT2D eigenvalue weighted by Crippen LogP contribution is 2.20. The van der Waals surface area contributed by atoms with E-state index in [9.17, 15) is 5.11 Å². The Morgan fingerprint density at radius 1 is 1.15 bits per heavy atom. The highest BCUT2D eigenvalue weighted by atomic mass is 16.5. The Hall–Kier alpha value is -1.78. The molecule has 4 nitrogen and oxygen atoms in total. The van der Waals surface area contributed by atoms with Crippen LogP contribution >= 0.6 is 0 Å². The third-order valence-electron chi connectivity index (χ3n) is 3.18. The van der Waals surface area contributed by atoms with Gasteiger partial charge in [0.05, 0.1) is 20.3 Å². The zero-order valence-corrected chi connectivity index (χ0v) is 12.0. The number of methoxy groups -OCH3 is 1. The average molecular weight is 275 g/mol. The summed E-state index contributed by atoms with van der Waals surface area (Å²) in [6.45, 7) is 4.03. The minimum absolute atomic E-state index is 0.120. The molecule has 0 amide bonds. The van der Waals surface area contributed by atoms with E-state index in [2.05, 4.69) is 4.90 Å². The zero-order valence-electron chi connectivity index (χ0n) is 12.0. The minimum Gasteiger partial charge on any atom is -0.496 e. The second kappa shape index (κ2) is 7.12. The predicted molar refractivity (Wildman–Crippen MR) is 77.6 cm³/mol. The Kier molecular flexibility index (Phi) is 5.21. The number of ether oxygens (including phenoxy) is 1. The lowest BCUT2D eigenvalue weighted by molar-refractivity contribution is 0.173. The number of furan rings is 1. The Morgan fingerprint density at radius 3 is 2.60 bits per heavy atom. The van der Waals surface area contributed by atoms with Gasteiger partial charge in [-0.2, -0.15) is 0 Å². The van der Waals surface area contributed by atoms with Gasteiger partial charge in [0.25, 0.3) is 0 Å². The van der Waals surface area contributed by atoms with E-state index >= 15 is 0 Å². The van der Waals surface area contributed by atoms with Crippen molar-refractivity contribution in [3.05, 3.63) is 53.5 Å². The maximum atomic E-state index is 9.22. The van der Waals surface area contributed by atoms with Gasteiger partial charge in [0.15, 0.2) is 0 Å². The van der Waals surface area contributed by atoms with Gasteiger partial charge in [-0.15, -0.1) is 0 Å². The van der Waals surface area contributed by atoms with Crippen molar-refractivity contribution < 1.29 is 14.3 Å². The van der Waals surface area contributed by atoms with E-state index in [4.69, 9.17) is 9.15 Å². The summed E-state index contributed by atoms with van der Waals surface area (Å²) < 4.78 is 11.0. The monoisotopic (exact) mass is 275 g/mol. The molecule has 0 saturated carbocycles. The average Bonchev–Trinajstić information content (AvgIpc) is 2.85. The van der Waals surface area contributed by atoms with E-state index in [0.717, 1.165) is 22.8 Å². The van der Waals surface area contributed by atoms with Gasteiger partial charge in [0, 0.05) is 18.7 Å². The molecule has 1 aromatic heterocycles. The standard InChI is InChI=1S/C16H21NO3/c1-13-7-8-15(20-13)12-17(9-10-18)11-14-5-3-4-6-16(14)19-2/h3-8,18H,9-12H2,1-2H3. The fraction of sp³-hybridized carbons (Fsp3) is 0.375. The van der Waals surface area contributed by atoms with Crippen molar-refractivity contribution in [3.63, 3.8) is 0 Å². The van der Waals surface area contributed by atoms with Crippen LogP contribution in [-0.4, -0.2) is 30.3 Å². The molecular formula is C16H21NO3. The van der Waals surface area contributed by atoms with Crippen molar-refractivity contribution in [1.29, 1.82) is 0 Å². The molecule has 1 N–H and O–H groups in total. The van der Waals surface area contributed by atoms with Gasteiger partial charge in [0.2, 0.25) is 0 Å². The van der Waals surface area contributed by atoms with E-state index in [1.807, 2.05) is 43.3 Å². The van der Waals surface area contributed by atoms with E-state index < -0.39 is 0 Å².